The van der Waals surface area contributed by atoms with Crippen LogP contribution in [0, 0.1) is 25.5 Å². The Morgan fingerprint density at radius 2 is 1.75 bits per heavy atom. The Morgan fingerprint density at radius 3 is 2.43 bits per heavy atom. The fourth-order valence-electron chi connectivity index (χ4n) is 6.88. The molecule has 0 unspecified atom stereocenters. The number of pyridine rings is 1. The van der Waals surface area contributed by atoms with Gasteiger partial charge in [0.15, 0.2) is 0 Å². The molecule has 276 valence electrons. The molecule has 14 heteroatoms. The van der Waals surface area contributed by atoms with E-state index in [1.165, 1.54) is 31.2 Å². The number of fused-ring (bicyclic) bond motifs is 4. The van der Waals surface area contributed by atoms with Crippen molar-refractivity contribution in [3.8, 4) is 16.9 Å². The van der Waals surface area contributed by atoms with E-state index in [0.717, 1.165) is 10.8 Å². The fourth-order valence-corrected chi connectivity index (χ4v) is 6.88. The minimum atomic E-state index is -4.82. The molecule has 0 spiro atoms. The minimum Gasteiger partial charge on any atom is -0.493 e. The molecule has 2 aromatic carbocycles. The number of nitrogens with zero attached hydrogens (tertiary/aromatic N) is 2. The number of ether oxygens (including phenoxy) is 2. The number of benzene rings is 2. The number of carboxylic acid groups (broad SMARTS) is 1. The third-order valence-corrected chi connectivity index (χ3v) is 9.60. The molecule has 0 saturated carbocycles. The number of carboxylic acids is 1. The van der Waals surface area contributed by atoms with Gasteiger partial charge in [-0.05, 0) is 73.6 Å². The Bertz CT molecular complexity index is 1820. The molecule has 1 saturated heterocycles. The summed E-state index contributed by atoms with van der Waals surface area (Å²) in [5.74, 6) is -3.26. The highest BCUT2D eigenvalue weighted by Crippen LogP contribution is 2.38. The second kappa shape index (κ2) is 15.9. The first-order valence-corrected chi connectivity index (χ1v) is 17.0. The van der Waals surface area contributed by atoms with Crippen molar-refractivity contribution < 1.29 is 46.1 Å². The van der Waals surface area contributed by atoms with Gasteiger partial charge in [0, 0.05) is 56.2 Å². The number of methoxy groups -OCH3 is 1. The molecule has 1 aromatic heterocycles. The topological polar surface area (TPSA) is 110 Å². The van der Waals surface area contributed by atoms with Gasteiger partial charge in [0.25, 0.3) is 5.56 Å². The van der Waals surface area contributed by atoms with Gasteiger partial charge >= 0.3 is 12.1 Å². The van der Waals surface area contributed by atoms with Crippen LogP contribution in [0.3, 0.4) is 0 Å². The molecule has 1 amide bonds. The number of aromatic nitrogens is 1. The number of aliphatic carboxylic acids is 1. The van der Waals surface area contributed by atoms with Crippen molar-refractivity contribution in [3.05, 3.63) is 86.3 Å². The Hall–Kier alpha value is -4.30. The average molecular weight is 720 g/mol. The summed E-state index contributed by atoms with van der Waals surface area (Å²) in [4.78, 5) is 41.5. The van der Waals surface area contributed by atoms with Crippen molar-refractivity contribution in [1.29, 1.82) is 0 Å². The van der Waals surface area contributed by atoms with Crippen LogP contribution >= 0.6 is 0 Å². The maximum absolute atomic E-state index is 15.9. The molecule has 51 heavy (non-hydrogen) atoms. The standard InChI is InChI=1S/C37H42F5N3O6/c1-21-13-25(38)15-31-34(21)24-12-22(2)35(39)27(14-24)29(17-33(47)48)43-36(49)30(8-6-4-5-7-11-51-31)45-18-23(9-10-44-19-26(20-44)50-3)28(16-32(45)46)37(40,41)42/h12-16,18,26,29-30H,4-11,17,19-20H2,1-3H3,(H,43,49)(H,47,48)/t29-,30-/m0/s1. The van der Waals surface area contributed by atoms with Gasteiger partial charge in [-0.15, -0.1) is 0 Å². The van der Waals surface area contributed by atoms with Crippen molar-refractivity contribution in [2.24, 2.45) is 0 Å². The van der Waals surface area contributed by atoms with E-state index < -0.39 is 59.3 Å². The highest BCUT2D eigenvalue weighted by Gasteiger charge is 2.36. The maximum atomic E-state index is 15.9. The smallest absolute Gasteiger partial charge is 0.416 e. The van der Waals surface area contributed by atoms with E-state index in [-0.39, 0.29) is 54.5 Å². The summed E-state index contributed by atoms with van der Waals surface area (Å²) in [6.45, 7) is 4.74. The van der Waals surface area contributed by atoms with Gasteiger partial charge in [0.2, 0.25) is 5.91 Å². The third kappa shape index (κ3) is 8.96. The van der Waals surface area contributed by atoms with Crippen molar-refractivity contribution >= 4 is 11.9 Å². The van der Waals surface area contributed by atoms with Crippen LogP contribution in [0.1, 0.15) is 78.4 Å². The van der Waals surface area contributed by atoms with E-state index in [0.29, 0.717) is 61.5 Å². The highest BCUT2D eigenvalue weighted by atomic mass is 19.4. The van der Waals surface area contributed by atoms with Crippen molar-refractivity contribution in [1.82, 2.24) is 14.8 Å². The van der Waals surface area contributed by atoms with Crippen LogP contribution in [-0.2, 0) is 26.9 Å². The van der Waals surface area contributed by atoms with E-state index in [1.54, 1.807) is 14.0 Å². The molecule has 2 aliphatic rings. The zero-order chi connectivity index (χ0) is 37.0. The monoisotopic (exact) mass is 719 g/mol. The zero-order valence-electron chi connectivity index (χ0n) is 28.7. The lowest BCUT2D eigenvalue weighted by atomic mass is 9.92. The lowest BCUT2D eigenvalue weighted by molar-refractivity contribution is -0.139. The first-order valence-electron chi connectivity index (χ1n) is 17.0. The van der Waals surface area contributed by atoms with Gasteiger partial charge in [0.1, 0.15) is 23.4 Å². The summed E-state index contributed by atoms with van der Waals surface area (Å²) < 4.78 is 85.1. The molecule has 5 rings (SSSR count). The second-order valence-electron chi connectivity index (χ2n) is 13.3. The second-order valence-corrected chi connectivity index (χ2v) is 13.3. The van der Waals surface area contributed by atoms with Gasteiger partial charge in [0.05, 0.1) is 30.7 Å². The first-order chi connectivity index (χ1) is 24.2. The van der Waals surface area contributed by atoms with Crippen LogP contribution < -0.4 is 15.6 Å². The number of amides is 1. The molecule has 2 atom stereocenters. The number of carbonyl (C=O) groups is 2. The van der Waals surface area contributed by atoms with Gasteiger partial charge in [-0.2, -0.15) is 13.2 Å². The Balaban J connectivity index is 1.57. The third-order valence-electron chi connectivity index (χ3n) is 9.60. The van der Waals surface area contributed by atoms with E-state index in [4.69, 9.17) is 9.47 Å². The molecular weight excluding hydrogens is 677 g/mol. The molecule has 2 bridgehead atoms. The minimum absolute atomic E-state index is 0.00970. The van der Waals surface area contributed by atoms with Gasteiger partial charge < -0.3 is 24.5 Å². The molecule has 2 N–H and O–H groups in total. The Kier molecular flexibility index (Phi) is 11.9. The first kappa shape index (κ1) is 37.9. The molecule has 9 nitrogen and oxygen atoms in total. The lowest BCUT2D eigenvalue weighted by Gasteiger charge is -2.38. The number of halogens is 5. The average Bonchev–Trinajstić information content (AvgIpc) is 3.02. The number of alkyl halides is 3. The summed E-state index contributed by atoms with van der Waals surface area (Å²) in [5, 5.41) is 12.5. The number of carbonyl (C=O) groups excluding carboxylic acids is 1. The van der Waals surface area contributed by atoms with Crippen LogP contribution in [0.25, 0.3) is 11.1 Å². The summed E-state index contributed by atoms with van der Waals surface area (Å²) in [6.07, 6.45) is -2.38. The van der Waals surface area contributed by atoms with Crippen LogP contribution in [-0.4, -0.2) is 65.9 Å². The van der Waals surface area contributed by atoms with Gasteiger partial charge in [-0.25, -0.2) is 8.78 Å². The molecule has 0 aliphatic carbocycles. The number of aryl methyl sites for hydroxylation is 2. The summed E-state index contributed by atoms with van der Waals surface area (Å²) in [6, 6.07) is 3.19. The summed E-state index contributed by atoms with van der Waals surface area (Å²) in [7, 11) is 1.56. The molecule has 1 fully saturated rings. The van der Waals surface area contributed by atoms with E-state index in [1.807, 2.05) is 4.90 Å². The fraction of sp³-hybridized carbons (Fsp3) is 0.486. The predicted molar refractivity (Wildman–Crippen MR) is 179 cm³/mol. The summed E-state index contributed by atoms with van der Waals surface area (Å²) in [5.41, 5.74) is -0.953. The van der Waals surface area contributed by atoms with Gasteiger partial charge in [-0.3, -0.25) is 19.3 Å². The maximum Gasteiger partial charge on any atom is 0.416 e. The quantitative estimate of drug-likeness (QED) is 0.268. The number of nitrogens with one attached hydrogen (secondary N) is 1. The van der Waals surface area contributed by atoms with Crippen LogP contribution in [0.4, 0.5) is 22.0 Å². The number of hydrogen-bond donors (Lipinski definition) is 2. The SMILES string of the molecule is COC1CN(CCc2cn([C@H]3CCCCCCOc4cc(F)cc(C)c4-c4cc(C)c(F)c(c4)[C@H](CC(=O)O)NC3=O)c(=O)cc2C(F)(F)F)C1. The molecule has 3 aromatic rings. The van der Waals surface area contributed by atoms with Crippen molar-refractivity contribution in [2.75, 3.05) is 33.4 Å². The molecule has 0 radical (unpaired) electrons. The summed E-state index contributed by atoms with van der Waals surface area (Å²) >= 11 is 0. The number of likely N-dealkylation sites (tertiary alicyclic amines) is 1. The van der Waals surface area contributed by atoms with Crippen LogP contribution in [0.2, 0.25) is 0 Å². The van der Waals surface area contributed by atoms with Gasteiger partial charge in [-0.1, -0.05) is 19.3 Å². The van der Waals surface area contributed by atoms with Crippen molar-refractivity contribution in [3.63, 3.8) is 0 Å². The van der Waals surface area contributed by atoms with E-state index in [2.05, 4.69) is 5.32 Å². The normalized spacial score (nSPS) is 19.5. The largest absolute Gasteiger partial charge is 0.493 e. The number of rotatable bonds is 7. The van der Waals surface area contributed by atoms with Crippen molar-refractivity contribution in [2.45, 2.75) is 83.2 Å². The van der Waals surface area contributed by atoms with Crippen LogP contribution in [0.15, 0.2) is 41.3 Å². The zero-order valence-corrected chi connectivity index (χ0v) is 28.7. The molecule has 2 aliphatic heterocycles. The van der Waals surface area contributed by atoms with E-state index >= 15 is 4.39 Å². The highest BCUT2D eigenvalue weighted by molar-refractivity contribution is 5.82. The molecular formula is C37H42F5N3O6. The predicted octanol–water partition coefficient (Wildman–Crippen LogP) is 6.52. The Labute approximate surface area is 292 Å². The Morgan fingerprint density at radius 1 is 1.02 bits per heavy atom. The van der Waals surface area contributed by atoms with Crippen LogP contribution in [0.5, 0.6) is 5.75 Å². The lowest BCUT2D eigenvalue weighted by Crippen LogP contribution is -2.52. The number of hydrogen-bond acceptors (Lipinski definition) is 6. The molecule has 3 heterocycles. The van der Waals surface area contributed by atoms with E-state index in [9.17, 15) is 37.1 Å².